The lowest BCUT2D eigenvalue weighted by Crippen LogP contribution is -2.34. The Morgan fingerprint density at radius 1 is 1.24 bits per heavy atom. The van der Waals surface area contributed by atoms with Gasteiger partial charge in [0.2, 0.25) is 0 Å². The van der Waals surface area contributed by atoms with Crippen LogP contribution in [-0.4, -0.2) is 30.9 Å². The summed E-state index contributed by atoms with van der Waals surface area (Å²) in [5.41, 5.74) is 0.528. The van der Waals surface area contributed by atoms with Gasteiger partial charge in [-0.3, -0.25) is 0 Å². The topological polar surface area (TPSA) is 41.5 Å². The molecular formula is C17H26FNO2. The zero-order chi connectivity index (χ0) is 14.9. The summed E-state index contributed by atoms with van der Waals surface area (Å²) >= 11 is 0. The Balaban J connectivity index is 1.55. The van der Waals surface area contributed by atoms with E-state index in [9.17, 15) is 9.50 Å². The van der Waals surface area contributed by atoms with Crippen LogP contribution >= 0.6 is 0 Å². The molecule has 1 fully saturated rings. The monoisotopic (exact) mass is 295 g/mol. The molecule has 0 saturated heterocycles. The molecule has 21 heavy (non-hydrogen) atoms. The second-order valence-electron chi connectivity index (χ2n) is 5.92. The molecule has 1 aromatic carbocycles. The van der Waals surface area contributed by atoms with Gasteiger partial charge in [-0.2, -0.15) is 0 Å². The molecule has 0 aliphatic heterocycles. The van der Waals surface area contributed by atoms with Crippen LogP contribution < -0.4 is 5.32 Å². The van der Waals surface area contributed by atoms with Crippen LogP contribution in [0.15, 0.2) is 24.3 Å². The number of rotatable bonds is 8. The zero-order valence-corrected chi connectivity index (χ0v) is 12.6. The second-order valence-corrected chi connectivity index (χ2v) is 5.92. The number of halogens is 1. The third-order valence-corrected chi connectivity index (χ3v) is 4.06. The van der Waals surface area contributed by atoms with Crippen LogP contribution in [0.2, 0.25) is 0 Å². The van der Waals surface area contributed by atoms with E-state index in [1.165, 1.54) is 38.2 Å². The molecule has 118 valence electrons. The fraction of sp³-hybridized carbons (Fsp3) is 0.647. The highest BCUT2D eigenvalue weighted by Crippen LogP contribution is 2.22. The van der Waals surface area contributed by atoms with Crippen molar-refractivity contribution in [1.29, 1.82) is 0 Å². The zero-order valence-electron chi connectivity index (χ0n) is 12.6. The molecular weight excluding hydrogens is 269 g/mol. The molecule has 1 atom stereocenters. The summed E-state index contributed by atoms with van der Waals surface area (Å²) in [4.78, 5) is 0. The quantitative estimate of drug-likeness (QED) is 0.775. The van der Waals surface area contributed by atoms with Crippen molar-refractivity contribution in [1.82, 2.24) is 5.32 Å². The number of aliphatic hydroxyl groups excluding tert-OH is 1. The van der Waals surface area contributed by atoms with Gasteiger partial charge in [-0.15, -0.1) is 0 Å². The minimum atomic E-state index is -0.541. The molecule has 1 unspecified atom stereocenters. The molecule has 4 heteroatoms. The maximum absolute atomic E-state index is 13.4. The summed E-state index contributed by atoms with van der Waals surface area (Å²) in [6.07, 6.45) is 6.09. The van der Waals surface area contributed by atoms with Gasteiger partial charge in [0.15, 0.2) is 0 Å². The number of ether oxygens (including phenoxy) is 1. The van der Waals surface area contributed by atoms with Crippen LogP contribution in [0.4, 0.5) is 4.39 Å². The average Bonchev–Trinajstić information content (AvgIpc) is 2.50. The maximum Gasteiger partial charge on any atom is 0.128 e. The van der Waals surface area contributed by atoms with Crippen molar-refractivity contribution in [3.8, 4) is 0 Å². The number of benzene rings is 1. The molecule has 0 spiro atoms. The number of aliphatic hydroxyl groups is 1. The predicted molar refractivity (Wildman–Crippen MR) is 81.5 cm³/mol. The number of hydrogen-bond donors (Lipinski definition) is 2. The van der Waals surface area contributed by atoms with E-state index in [1.54, 1.807) is 18.2 Å². The van der Waals surface area contributed by atoms with E-state index in [1.807, 2.05) is 0 Å². The van der Waals surface area contributed by atoms with Crippen LogP contribution in [0, 0.1) is 11.7 Å². The minimum absolute atomic E-state index is 0.201. The Labute approximate surface area is 126 Å². The van der Waals surface area contributed by atoms with Crippen molar-refractivity contribution in [2.75, 3.05) is 19.7 Å². The third-order valence-electron chi connectivity index (χ3n) is 4.06. The molecule has 0 heterocycles. The standard InChI is InChI=1S/C17H26FNO2/c18-17-9-5-4-8-15(17)12-21-13-16(20)11-19-10-14-6-2-1-3-7-14/h4-5,8-9,14,16,19-20H,1-3,6-7,10-13H2. The van der Waals surface area contributed by atoms with E-state index in [2.05, 4.69) is 5.32 Å². The van der Waals surface area contributed by atoms with Crippen LogP contribution in [0.5, 0.6) is 0 Å². The molecule has 0 aromatic heterocycles. The van der Waals surface area contributed by atoms with Gasteiger partial charge in [-0.25, -0.2) is 4.39 Å². The Bertz CT molecular complexity index is 408. The largest absolute Gasteiger partial charge is 0.389 e. The molecule has 0 bridgehead atoms. The lowest BCUT2D eigenvalue weighted by Gasteiger charge is -2.22. The number of nitrogens with one attached hydrogen (secondary N) is 1. The molecule has 3 nitrogen and oxygen atoms in total. The first-order chi connectivity index (χ1) is 10.3. The number of hydrogen-bond acceptors (Lipinski definition) is 3. The van der Waals surface area contributed by atoms with Crippen molar-refractivity contribution in [2.45, 2.75) is 44.8 Å². The highest BCUT2D eigenvalue weighted by atomic mass is 19.1. The molecule has 2 rings (SSSR count). The van der Waals surface area contributed by atoms with E-state index < -0.39 is 6.10 Å². The lowest BCUT2D eigenvalue weighted by molar-refractivity contribution is 0.0273. The van der Waals surface area contributed by atoms with Gasteiger partial charge < -0.3 is 15.2 Å². The Kier molecular flexibility index (Phi) is 7.13. The first-order valence-corrected chi connectivity index (χ1v) is 7.95. The van der Waals surface area contributed by atoms with Gasteiger partial charge in [0.1, 0.15) is 5.82 Å². The van der Waals surface area contributed by atoms with Crippen LogP contribution in [0.25, 0.3) is 0 Å². The third kappa shape index (κ3) is 6.12. The Morgan fingerprint density at radius 2 is 2.00 bits per heavy atom. The van der Waals surface area contributed by atoms with Gasteiger partial charge in [-0.05, 0) is 31.4 Å². The van der Waals surface area contributed by atoms with Gasteiger partial charge >= 0.3 is 0 Å². The van der Waals surface area contributed by atoms with Crippen LogP contribution in [-0.2, 0) is 11.3 Å². The average molecular weight is 295 g/mol. The molecule has 1 aliphatic carbocycles. The van der Waals surface area contributed by atoms with Crippen molar-refractivity contribution in [3.05, 3.63) is 35.6 Å². The summed E-state index contributed by atoms with van der Waals surface area (Å²) in [6, 6.07) is 6.55. The first kappa shape index (κ1) is 16.4. The normalized spacial score (nSPS) is 17.8. The summed E-state index contributed by atoms with van der Waals surface area (Å²) in [5.74, 6) is 0.493. The summed E-state index contributed by atoms with van der Waals surface area (Å²) in [5, 5.41) is 13.2. The fourth-order valence-electron chi connectivity index (χ4n) is 2.82. The van der Waals surface area contributed by atoms with Crippen molar-refractivity contribution in [3.63, 3.8) is 0 Å². The van der Waals surface area contributed by atoms with E-state index >= 15 is 0 Å². The SMILES string of the molecule is OC(CNCC1CCCCC1)COCc1ccccc1F. The molecule has 1 aliphatic rings. The summed E-state index contributed by atoms with van der Waals surface area (Å²) < 4.78 is 18.7. The van der Waals surface area contributed by atoms with Crippen LogP contribution in [0.1, 0.15) is 37.7 Å². The smallest absolute Gasteiger partial charge is 0.128 e. The van der Waals surface area contributed by atoms with E-state index in [0.29, 0.717) is 12.1 Å². The molecule has 1 aromatic rings. The van der Waals surface area contributed by atoms with Crippen molar-refractivity contribution in [2.24, 2.45) is 5.92 Å². The van der Waals surface area contributed by atoms with E-state index in [4.69, 9.17) is 4.74 Å². The van der Waals surface area contributed by atoms with E-state index in [0.717, 1.165) is 12.5 Å². The molecule has 2 N–H and O–H groups in total. The predicted octanol–water partition coefficient (Wildman–Crippen LogP) is 2.87. The van der Waals surface area contributed by atoms with Crippen molar-refractivity contribution >= 4 is 0 Å². The van der Waals surface area contributed by atoms with Gasteiger partial charge in [-0.1, -0.05) is 37.5 Å². The Hall–Kier alpha value is -0.970. The molecule has 0 radical (unpaired) electrons. The molecule has 0 amide bonds. The molecule has 1 saturated carbocycles. The minimum Gasteiger partial charge on any atom is -0.389 e. The maximum atomic E-state index is 13.4. The van der Waals surface area contributed by atoms with Gasteiger partial charge in [0.25, 0.3) is 0 Å². The van der Waals surface area contributed by atoms with E-state index in [-0.39, 0.29) is 19.0 Å². The van der Waals surface area contributed by atoms with Crippen molar-refractivity contribution < 1.29 is 14.2 Å². The Morgan fingerprint density at radius 3 is 2.76 bits per heavy atom. The highest BCUT2D eigenvalue weighted by Gasteiger charge is 2.13. The van der Waals surface area contributed by atoms with Gasteiger partial charge in [0, 0.05) is 12.1 Å². The second kappa shape index (κ2) is 9.13. The van der Waals surface area contributed by atoms with Gasteiger partial charge in [0.05, 0.1) is 19.3 Å². The fourth-order valence-corrected chi connectivity index (χ4v) is 2.82. The first-order valence-electron chi connectivity index (χ1n) is 7.95. The lowest BCUT2D eigenvalue weighted by atomic mass is 9.89. The highest BCUT2D eigenvalue weighted by molar-refractivity contribution is 5.16. The summed E-state index contributed by atoms with van der Waals surface area (Å²) in [7, 11) is 0. The van der Waals surface area contributed by atoms with Crippen LogP contribution in [0.3, 0.4) is 0 Å². The summed E-state index contributed by atoms with van der Waals surface area (Å²) in [6.45, 7) is 1.94.